The van der Waals surface area contributed by atoms with Crippen LogP contribution in [0.4, 0.5) is 8.78 Å². The largest absolute Gasteiger partial charge is 0.279 e. The molecule has 7 heteroatoms. The first kappa shape index (κ1) is 19.3. The van der Waals surface area contributed by atoms with Crippen LogP contribution in [0.3, 0.4) is 0 Å². The van der Waals surface area contributed by atoms with Crippen molar-refractivity contribution >= 4 is 15.7 Å². The average molecular weight is 412 g/mol. The van der Waals surface area contributed by atoms with Gasteiger partial charge in [-0.3, -0.25) is 0 Å². The van der Waals surface area contributed by atoms with E-state index in [2.05, 4.69) is 5.10 Å². The maximum Gasteiger partial charge on any atom is 0.279 e. The second-order valence-electron chi connectivity index (χ2n) is 6.92. The van der Waals surface area contributed by atoms with Crippen molar-refractivity contribution < 1.29 is 17.2 Å². The molecular formula is C22H18F2N2O2S. The summed E-state index contributed by atoms with van der Waals surface area (Å²) in [5.41, 5.74) is 2.73. The molecule has 29 heavy (non-hydrogen) atoms. The zero-order valence-corrected chi connectivity index (χ0v) is 16.4. The first-order valence-corrected chi connectivity index (χ1v) is 10.5. The molecule has 1 heterocycles. The molecule has 0 aliphatic carbocycles. The molecule has 0 unspecified atom stereocenters. The van der Waals surface area contributed by atoms with E-state index in [-0.39, 0.29) is 10.7 Å². The number of hydrogen-bond acceptors (Lipinski definition) is 3. The Morgan fingerprint density at radius 2 is 1.41 bits per heavy atom. The van der Waals surface area contributed by atoms with Crippen molar-refractivity contribution in [2.24, 2.45) is 5.10 Å². The van der Waals surface area contributed by atoms with E-state index in [0.717, 1.165) is 9.98 Å². The van der Waals surface area contributed by atoms with Crippen LogP contribution in [0.15, 0.2) is 82.8 Å². The lowest BCUT2D eigenvalue weighted by molar-refractivity contribution is 0.371. The normalized spacial score (nSPS) is 16.7. The van der Waals surface area contributed by atoms with E-state index >= 15 is 0 Å². The Bertz CT molecular complexity index is 1160. The topological polar surface area (TPSA) is 49.7 Å². The van der Waals surface area contributed by atoms with Gasteiger partial charge in [0.25, 0.3) is 10.0 Å². The van der Waals surface area contributed by atoms with Gasteiger partial charge in [0.2, 0.25) is 0 Å². The highest BCUT2D eigenvalue weighted by molar-refractivity contribution is 7.89. The molecule has 0 N–H and O–H groups in total. The van der Waals surface area contributed by atoms with Crippen molar-refractivity contribution in [1.82, 2.24) is 4.41 Å². The summed E-state index contributed by atoms with van der Waals surface area (Å²) in [6.45, 7) is 1.87. The molecule has 0 fully saturated rings. The van der Waals surface area contributed by atoms with E-state index in [9.17, 15) is 17.2 Å². The van der Waals surface area contributed by atoms with Crippen LogP contribution in [0.1, 0.15) is 29.2 Å². The highest BCUT2D eigenvalue weighted by Crippen LogP contribution is 2.37. The summed E-state index contributed by atoms with van der Waals surface area (Å²) in [5, 5.41) is 4.38. The zero-order valence-electron chi connectivity index (χ0n) is 15.6. The molecule has 1 aliphatic heterocycles. The van der Waals surface area contributed by atoms with Gasteiger partial charge in [-0.05, 0) is 54.4 Å². The van der Waals surface area contributed by atoms with E-state index < -0.39 is 21.9 Å². The van der Waals surface area contributed by atoms with Gasteiger partial charge in [-0.2, -0.15) is 17.9 Å². The fraction of sp³-hybridized carbons (Fsp3) is 0.136. The Balaban J connectivity index is 1.79. The number of benzene rings is 3. The van der Waals surface area contributed by atoms with Gasteiger partial charge in [-0.1, -0.05) is 42.0 Å². The molecule has 0 amide bonds. The van der Waals surface area contributed by atoms with Crippen LogP contribution < -0.4 is 0 Å². The number of sulfonamides is 1. The first-order chi connectivity index (χ1) is 13.8. The van der Waals surface area contributed by atoms with Crippen molar-refractivity contribution in [3.8, 4) is 0 Å². The van der Waals surface area contributed by atoms with Gasteiger partial charge < -0.3 is 0 Å². The van der Waals surface area contributed by atoms with E-state index in [1.807, 2.05) is 6.92 Å². The molecule has 0 spiro atoms. The molecule has 148 valence electrons. The van der Waals surface area contributed by atoms with Crippen LogP contribution in [-0.2, 0) is 10.0 Å². The molecule has 4 nitrogen and oxygen atoms in total. The van der Waals surface area contributed by atoms with E-state index in [0.29, 0.717) is 23.3 Å². The van der Waals surface area contributed by atoms with Gasteiger partial charge in [0, 0.05) is 6.42 Å². The minimum Gasteiger partial charge on any atom is -0.207 e. The highest BCUT2D eigenvalue weighted by atomic mass is 32.2. The van der Waals surface area contributed by atoms with Crippen LogP contribution >= 0.6 is 0 Å². The highest BCUT2D eigenvalue weighted by Gasteiger charge is 2.37. The van der Waals surface area contributed by atoms with Gasteiger partial charge >= 0.3 is 0 Å². The molecule has 1 atom stereocenters. The van der Waals surface area contributed by atoms with Crippen LogP contribution in [0.5, 0.6) is 0 Å². The summed E-state index contributed by atoms with van der Waals surface area (Å²) < 4.78 is 54.4. The molecule has 3 aromatic rings. The summed E-state index contributed by atoms with van der Waals surface area (Å²) in [6.07, 6.45) is 0.294. The Labute approximate surface area is 168 Å². The van der Waals surface area contributed by atoms with Gasteiger partial charge in [0.1, 0.15) is 11.6 Å². The Morgan fingerprint density at radius 3 is 2.00 bits per heavy atom. The first-order valence-electron chi connectivity index (χ1n) is 9.04. The fourth-order valence-corrected chi connectivity index (χ4v) is 4.71. The molecule has 0 aromatic heterocycles. The predicted octanol–water partition coefficient (Wildman–Crippen LogP) is 4.81. The van der Waals surface area contributed by atoms with Crippen LogP contribution in [0.25, 0.3) is 0 Å². The standard InChI is InChI=1S/C22H18F2N2O2S/c1-15-2-12-20(13-3-15)29(27,28)26-22(17-6-10-19(24)11-7-17)14-21(25-26)16-4-8-18(23)9-5-16/h2-13,22H,14H2,1H3/t22-/m0/s1. The van der Waals surface area contributed by atoms with Crippen molar-refractivity contribution in [2.75, 3.05) is 0 Å². The lowest BCUT2D eigenvalue weighted by atomic mass is 9.99. The summed E-state index contributed by atoms with van der Waals surface area (Å²) in [6, 6.07) is 17.4. The number of hydrogen-bond donors (Lipinski definition) is 0. The molecule has 0 radical (unpaired) electrons. The molecule has 0 saturated carbocycles. The SMILES string of the molecule is Cc1ccc(S(=O)(=O)N2N=C(c3ccc(F)cc3)C[C@H]2c2ccc(F)cc2)cc1. The van der Waals surface area contributed by atoms with Crippen LogP contribution in [0.2, 0.25) is 0 Å². The van der Waals surface area contributed by atoms with Crippen LogP contribution in [-0.4, -0.2) is 18.5 Å². The third-order valence-corrected chi connectivity index (χ3v) is 6.57. The number of halogens is 2. The number of hydrazone groups is 1. The lowest BCUT2D eigenvalue weighted by Crippen LogP contribution is -2.27. The molecule has 3 aromatic carbocycles. The van der Waals surface area contributed by atoms with Crippen molar-refractivity contribution in [1.29, 1.82) is 0 Å². The summed E-state index contributed by atoms with van der Waals surface area (Å²) >= 11 is 0. The van der Waals surface area contributed by atoms with Gasteiger partial charge in [-0.15, -0.1) is 0 Å². The monoisotopic (exact) mass is 412 g/mol. The summed E-state index contributed by atoms with van der Waals surface area (Å²) in [5.74, 6) is -0.786. The summed E-state index contributed by atoms with van der Waals surface area (Å²) in [7, 11) is -3.93. The Hall–Kier alpha value is -3.06. The predicted molar refractivity (Wildman–Crippen MR) is 107 cm³/mol. The molecule has 1 aliphatic rings. The zero-order chi connectivity index (χ0) is 20.6. The van der Waals surface area contributed by atoms with Crippen molar-refractivity contribution in [2.45, 2.75) is 24.3 Å². The Morgan fingerprint density at radius 1 is 0.862 bits per heavy atom. The lowest BCUT2D eigenvalue weighted by Gasteiger charge is -2.23. The summed E-state index contributed by atoms with van der Waals surface area (Å²) in [4.78, 5) is 0.124. The second kappa shape index (κ2) is 7.40. The molecule has 0 saturated heterocycles. The smallest absolute Gasteiger partial charge is 0.207 e. The maximum atomic E-state index is 13.4. The van der Waals surface area contributed by atoms with E-state index in [1.165, 1.54) is 36.4 Å². The van der Waals surface area contributed by atoms with Crippen molar-refractivity contribution in [3.63, 3.8) is 0 Å². The number of rotatable bonds is 4. The van der Waals surface area contributed by atoms with Crippen molar-refractivity contribution in [3.05, 3.63) is 101 Å². The van der Waals surface area contributed by atoms with Gasteiger partial charge in [0.15, 0.2) is 0 Å². The van der Waals surface area contributed by atoms with Gasteiger partial charge in [-0.25, -0.2) is 8.78 Å². The van der Waals surface area contributed by atoms with Crippen LogP contribution in [0, 0.1) is 18.6 Å². The minimum atomic E-state index is -3.93. The minimum absolute atomic E-state index is 0.124. The van der Waals surface area contributed by atoms with E-state index in [1.54, 1.807) is 36.4 Å². The second-order valence-corrected chi connectivity index (χ2v) is 8.71. The number of aryl methyl sites for hydroxylation is 1. The van der Waals surface area contributed by atoms with E-state index in [4.69, 9.17) is 0 Å². The van der Waals surface area contributed by atoms with Gasteiger partial charge in [0.05, 0.1) is 16.6 Å². The molecule has 4 rings (SSSR count). The molecule has 0 bridgehead atoms. The molecular weight excluding hydrogens is 394 g/mol. The third-order valence-electron chi connectivity index (χ3n) is 4.87. The maximum absolute atomic E-state index is 13.4. The fourth-order valence-electron chi connectivity index (χ4n) is 3.28. The number of nitrogens with zero attached hydrogens (tertiary/aromatic N) is 2. The third kappa shape index (κ3) is 3.78. The quantitative estimate of drug-likeness (QED) is 0.617. The average Bonchev–Trinajstić information content (AvgIpc) is 3.16. The Kier molecular flexibility index (Phi) is 4.92.